The fourth-order valence-electron chi connectivity index (χ4n) is 3.04. The molecule has 0 saturated carbocycles. The van der Waals surface area contributed by atoms with Crippen molar-refractivity contribution in [3.63, 3.8) is 0 Å². The van der Waals surface area contributed by atoms with E-state index in [1.165, 1.54) is 18.6 Å². The summed E-state index contributed by atoms with van der Waals surface area (Å²) in [5, 5.41) is 24.9. The predicted octanol–water partition coefficient (Wildman–Crippen LogP) is 3.01. The van der Waals surface area contributed by atoms with Crippen LogP contribution in [0.3, 0.4) is 0 Å². The lowest BCUT2D eigenvalue weighted by molar-refractivity contribution is 0.102. The Morgan fingerprint density at radius 2 is 1.85 bits per heavy atom. The first-order chi connectivity index (χ1) is 13.0. The van der Waals surface area contributed by atoms with Gasteiger partial charge in [0, 0.05) is 29.4 Å². The van der Waals surface area contributed by atoms with Crippen LogP contribution in [0, 0.1) is 22.7 Å². The van der Waals surface area contributed by atoms with Gasteiger partial charge in [-0.05, 0) is 31.5 Å². The molecule has 1 aromatic heterocycles. The van der Waals surface area contributed by atoms with Gasteiger partial charge in [-0.25, -0.2) is 4.98 Å². The van der Waals surface area contributed by atoms with Gasteiger partial charge in [0.2, 0.25) is 0 Å². The number of rotatable bonds is 3. The van der Waals surface area contributed by atoms with E-state index in [-0.39, 0.29) is 5.91 Å². The molecule has 0 atom stereocenters. The number of allylic oxidation sites excluding steroid dienone is 4. The van der Waals surface area contributed by atoms with Crippen LogP contribution in [0.1, 0.15) is 35.7 Å². The van der Waals surface area contributed by atoms with Crippen LogP contribution in [0.4, 0.5) is 5.82 Å². The number of nitriles is 2. The Morgan fingerprint density at radius 1 is 1.15 bits per heavy atom. The molecule has 1 aliphatic rings. The first kappa shape index (κ1) is 17.8. The van der Waals surface area contributed by atoms with Crippen molar-refractivity contribution < 1.29 is 4.79 Å². The lowest BCUT2D eigenvalue weighted by Gasteiger charge is -2.26. The number of hydrogen-bond acceptors (Lipinski definition) is 6. The molecule has 0 unspecified atom stereocenters. The third kappa shape index (κ3) is 3.53. The average molecular weight is 356 g/mol. The molecule has 1 aromatic carbocycles. The maximum atomic E-state index is 12.5. The van der Waals surface area contributed by atoms with Gasteiger partial charge in [0.25, 0.3) is 5.91 Å². The van der Waals surface area contributed by atoms with E-state index < -0.39 is 5.92 Å². The summed E-state index contributed by atoms with van der Waals surface area (Å²) in [5.74, 6) is -0.508. The largest absolute Gasteiger partial charge is 0.361 e. The van der Waals surface area contributed by atoms with Gasteiger partial charge < -0.3 is 10.6 Å². The summed E-state index contributed by atoms with van der Waals surface area (Å²) in [6, 6.07) is 11.3. The van der Waals surface area contributed by atoms with Crippen LogP contribution >= 0.6 is 0 Å². The lowest BCUT2D eigenvalue weighted by Crippen LogP contribution is -2.23. The summed E-state index contributed by atoms with van der Waals surface area (Å²) in [5.41, 5.74) is 3.44. The molecule has 0 spiro atoms. The summed E-state index contributed by atoms with van der Waals surface area (Å²) in [6.07, 6.45) is 4.46. The summed E-state index contributed by atoms with van der Waals surface area (Å²) in [7, 11) is 0. The van der Waals surface area contributed by atoms with E-state index >= 15 is 0 Å². The minimum Gasteiger partial charge on any atom is -0.361 e. The van der Waals surface area contributed by atoms with E-state index in [2.05, 4.69) is 32.7 Å². The molecular weight excluding hydrogens is 340 g/mol. The molecule has 3 rings (SSSR count). The Labute approximate surface area is 156 Å². The quantitative estimate of drug-likeness (QED) is 0.873. The Morgan fingerprint density at radius 3 is 2.44 bits per heavy atom. The fourth-order valence-corrected chi connectivity index (χ4v) is 3.04. The first-order valence-corrected chi connectivity index (χ1v) is 8.21. The first-order valence-electron chi connectivity index (χ1n) is 8.21. The zero-order chi connectivity index (χ0) is 19.4. The van der Waals surface area contributed by atoms with E-state index in [4.69, 9.17) is 0 Å². The second-order valence-corrected chi connectivity index (χ2v) is 6.03. The average Bonchev–Trinajstić information content (AvgIpc) is 2.68. The van der Waals surface area contributed by atoms with Gasteiger partial charge in [0.15, 0.2) is 5.82 Å². The minimum absolute atomic E-state index is 0.343. The number of amides is 1. The smallest absolute Gasteiger partial charge is 0.256 e. The van der Waals surface area contributed by atoms with Crippen molar-refractivity contribution in [2.75, 3.05) is 5.32 Å². The summed E-state index contributed by atoms with van der Waals surface area (Å²) < 4.78 is 0. The maximum absolute atomic E-state index is 12.5. The van der Waals surface area contributed by atoms with Crippen LogP contribution in [0.25, 0.3) is 0 Å². The Kier molecular flexibility index (Phi) is 4.96. The van der Waals surface area contributed by atoms with Gasteiger partial charge in [0.1, 0.15) is 0 Å². The second kappa shape index (κ2) is 7.51. The maximum Gasteiger partial charge on any atom is 0.256 e. The predicted molar refractivity (Wildman–Crippen MR) is 98.9 cm³/mol. The molecule has 132 valence electrons. The highest BCUT2D eigenvalue weighted by Gasteiger charge is 2.29. The topological polar surface area (TPSA) is 114 Å². The zero-order valence-electron chi connectivity index (χ0n) is 14.8. The van der Waals surface area contributed by atoms with Crippen LogP contribution in [0.5, 0.6) is 0 Å². The summed E-state index contributed by atoms with van der Waals surface area (Å²) in [4.78, 5) is 20.5. The van der Waals surface area contributed by atoms with Crippen molar-refractivity contribution >= 4 is 11.7 Å². The number of anilines is 1. The van der Waals surface area contributed by atoms with Gasteiger partial charge in [-0.3, -0.25) is 9.78 Å². The molecule has 7 nitrogen and oxygen atoms in total. The van der Waals surface area contributed by atoms with Crippen molar-refractivity contribution in [1.29, 1.82) is 10.5 Å². The fraction of sp³-hybridized carbons (Fsp3) is 0.150. The van der Waals surface area contributed by atoms with Crippen molar-refractivity contribution in [1.82, 2.24) is 15.3 Å². The van der Waals surface area contributed by atoms with Crippen LogP contribution in [0.15, 0.2) is 65.4 Å². The van der Waals surface area contributed by atoms with Crippen molar-refractivity contribution in [3.05, 3.63) is 76.5 Å². The highest BCUT2D eigenvalue weighted by Crippen LogP contribution is 2.37. The molecule has 0 aliphatic carbocycles. The number of carbonyl (C=O) groups excluding carboxylic acids is 1. The van der Waals surface area contributed by atoms with E-state index in [1.807, 2.05) is 6.07 Å². The van der Waals surface area contributed by atoms with Gasteiger partial charge >= 0.3 is 0 Å². The number of aromatic nitrogens is 2. The van der Waals surface area contributed by atoms with Gasteiger partial charge in [-0.2, -0.15) is 10.5 Å². The number of nitrogens with zero attached hydrogens (tertiary/aromatic N) is 4. The molecule has 0 fully saturated rings. The molecule has 2 N–H and O–H groups in total. The van der Waals surface area contributed by atoms with E-state index in [0.29, 0.717) is 39.5 Å². The molecule has 7 heteroatoms. The number of benzene rings is 1. The minimum atomic E-state index is -0.509. The van der Waals surface area contributed by atoms with E-state index in [9.17, 15) is 15.3 Å². The van der Waals surface area contributed by atoms with Crippen LogP contribution in [-0.2, 0) is 0 Å². The second-order valence-electron chi connectivity index (χ2n) is 6.03. The summed E-state index contributed by atoms with van der Waals surface area (Å²) >= 11 is 0. The molecule has 1 aliphatic heterocycles. The van der Waals surface area contributed by atoms with Crippen molar-refractivity contribution in [2.24, 2.45) is 0 Å². The van der Waals surface area contributed by atoms with Gasteiger partial charge in [-0.1, -0.05) is 12.1 Å². The molecule has 0 radical (unpaired) electrons. The van der Waals surface area contributed by atoms with Gasteiger partial charge in [-0.15, -0.1) is 0 Å². The van der Waals surface area contributed by atoms with Crippen LogP contribution in [0.2, 0.25) is 0 Å². The molecule has 0 bridgehead atoms. The molecule has 2 heterocycles. The zero-order valence-corrected chi connectivity index (χ0v) is 14.8. The number of carbonyl (C=O) groups is 1. The molecule has 2 aromatic rings. The number of dihydropyridines is 1. The SMILES string of the molecule is CC1=C(C#N)C(c2cccc(C(=O)Nc3cnccn3)c2)C(C#N)=C(C)N1. The number of hydrogen-bond donors (Lipinski definition) is 2. The highest BCUT2D eigenvalue weighted by molar-refractivity contribution is 6.03. The Hall–Kier alpha value is -3.97. The molecule has 0 saturated heterocycles. The van der Waals surface area contributed by atoms with Gasteiger partial charge in [0.05, 0.1) is 35.4 Å². The normalized spacial score (nSPS) is 14.2. The monoisotopic (exact) mass is 356 g/mol. The molecule has 27 heavy (non-hydrogen) atoms. The van der Waals surface area contributed by atoms with Crippen molar-refractivity contribution in [3.8, 4) is 12.1 Å². The molecule has 1 amide bonds. The van der Waals surface area contributed by atoms with Crippen LogP contribution < -0.4 is 10.6 Å². The molecular formula is C20H16N6O. The lowest BCUT2D eigenvalue weighted by atomic mass is 9.81. The number of nitrogens with one attached hydrogen (secondary N) is 2. The van der Waals surface area contributed by atoms with E-state index in [1.54, 1.807) is 32.0 Å². The van der Waals surface area contributed by atoms with Crippen LogP contribution in [-0.4, -0.2) is 15.9 Å². The van der Waals surface area contributed by atoms with Crippen molar-refractivity contribution in [2.45, 2.75) is 19.8 Å². The Bertz CT molecular complexity index is 1000. The summed E-state index contributed by atoms with van der Waals surface area (Å²) in [6.45, 7) is 3.60. The third-order valence-electron chi connectivity index (χ3n) is 4.29. The van der Waals surface area contributed by atoms with E-state index in [0.717, 1.165) is 0 Å². The third-order valence-corrected chi connectivity index (χ3v) is 4.29. The highest BCUT2D eigenvalue weighted by atomic mass is 16.1. The standard InChI is InChI=1S/C20H16N6O/c1-12-16(9-21)19(17(10-22)13(2)25-12)14-4-3-5-15(8-14)20(27)26-18-11-23-6-7-24-18/h3-8,11,19,25H,1-2H3,(H,24,26,27). The Balaban J connectivity index is 1.99.